The van der Waals surface area contributed by atoms with E-state index in [0.29, 0.717) is 29.6 Å². The molecule has 0 saturated carbocycles. The fraction of sp³-hybridized carbons (Fsp3) is 0.444. The van der Waals surface area contributed by atoms with Crippen molar-refractivity contribution in [2.24, 2.45) is 0 Å². The van der Waals surface area contributed by atoms with Crippen LogP contribution in [0.4, 0.5) is 0 Å². The van der Waals surface area contributed by atoms with Gasteiger partial charge >= 0.3 is 0 Å². The number of amides is 2. The van der Waals surface area contributed by atoms with Crippen molar-refractivity contribution in [3.05, 3.63) is 95.0 Å². The van der Waals surface area contributed by atoms with Crippen molar-refractivity contribution >= 4 is 23.4 Å². The summed E-state index contributed by atoms with van der Waals surface area (Å²) in [6.07, 6.45) is 6.34. The van der Waals surface area contributed by atoms with Gasteiger partial charge in [-0.05, 0) is 86.1 Å². The Morgan fingerprint density at radius 2 is 1.60 bits per heavy atom. The predicted molar refractivity (Wildman–Crippen MR) is 176 cm³/mol. The third-order valence-corrected chi connectivity index (χ3v) is 9.27. The van der Waals surface area contributed by atoms with Gasteiger partial charge in [-0.3, -0.25) is 9.59 Å². The number of likely N-dealkylation sites (tertiary alicyclic amines) is 1. The highest BCUT2D eigenvalue weighted by Crippen LogP contribution is 2.24. The second kappa shape index (κ2) is 15.5. The zero-order valence-corrected chi connectivity index (χ0v) is 26.1. The molecular formula is C36H45ClN4O2. The van der Waals surface area contributed by atoms with E-state index in [9.17, 15) is 9.59 Å². The van der Waals surface area contributed by atoms with Crippen LogP contribution in [0.2, 0.25) is 5.02 Å². The maximum atomic E-state index is 13.9. The number of rotatable bonds is 11. The molecule has 3 atom stereocenters. The molecular weight excluding hydrogens is 556 g/mol. The molecule has 0 radical (unpaired) electrons. The third-order valence-electron chi connectivity index (χ3n) is 9.02. The molecule has 5 rings (SSSR count). The number of piperidine rings is 1. The molecule has 2 aliphatic heterocycles. The second-order valence-corrected chi connectivity index (χ2v) is 12.4. The van der Waals surface area contributed by atoms with E-state index in [1.807, 2.05) is 54.6 Å². The SMILES string of the molecule is CC[C@H](CN1CC[C@H](CNC(=O)c2ccc(-c3ccc(Cl)cc3)cc2)N[C@H](CCN2CCCCC2)C1=O)c1ccccc1. The minimum atomic E-state index is -0.252. The Kier molecular flexibility index (Phi) is 11.3. The lowest BCUT2D eigenvalue weighted by Gasteiger charge is -2.31. The molecule has 0 spiro atoms. The first kappa shape index (κ1) is 31.2. The van der Waals surface area contributed by atoms with Crippen LogP contribution >= 0.6 is 11.6 Å². The monoisotopic (exact) mass is 600 g/mol. The quantitative estimate of drug-likeness (QED) is 0.269. The highest BCUT2D eigenvalue weighted by Gasteiger charge is 2.32. The molecule has 3 aromatic rings. The van der Waals surface area contributed by atoms with Gasteiger partial charge in [-0.15, -0.1) is 0 Å². The highest BCUT2D eigenvalue weighted by atomic mass is 35.5. The van der Waals surface area contributed by atoms with Gasteiger partial charge in [-0.25, -0.2) is 0 Å². The first-order chi connectivity index (χ1) is 21.0. The molecule has 2 saturated heterocycles. The average molecular weight is 601 g/mol. The lowest BCUT2D eigenvalue weighted by Crippen LogP contribution is -2.50. The van der Waals surface area contributed by atoms with Gasteiger partial charge in [-0.1, -0.05) is 79.5 Å². The number of carbonyl (C=O) groups is 2. The Morgan fingerprint density at radius 1 is 0.930 bits per heavy atom. The maximum absolute atomic E-state index is 13.9. The van der Waals surface area contributed by atoms with E-state index in [4.69, 9.17) is 11.6 Å². The van der Waals surface area contributed by atoms with Crippen molar-refractivity contribution in [1.82, 2.24) is 20.4 Å². The predicted octanol–water partition coefficient (Wildman–Crippen LogP) is 6.37. The molecule has 2 amide bonds. The van der Waals surface area contributed by atoms with Crippen molar-refractivity contribution in [2.75, 3.05) is 39.3 Å². The lowest BCUT2D eigenvalue weighted by molar-refractivity contribution is -0.133. The van der Waals surface area contributed by atoms with E-state index in [-0.39, 0.29) is 23.9 Å². The molecule has 0 aromatic heterocycles. The highest BCUT2D eigenvalue weighted by molar-refractivity contribution is 6.30. The first-order valence-electron chi connectivity index (χ1n) is 16.0. The summed E-state index contributed by atoms with van der Waals surface area (Å²) in [6.45, 7) is 7.25. The Bertz CT molecular complexity index is 1310. The first-order valence-corrected chi connectivity index (χ1v) is 16.3. The summed E-state index contributed by atoms with van der Waals surface area (Å²) in [4.78, 5) is 31.6. The van der Waals surface area contributed by atoms with Crippen LogP contribution in [-0.2, 0) is 4.79 Å². The summed E-state index contributed by atoms with van der Waals surface area (Å²) >= 11 is 6.03. The Morgan fingerprint density at radius 3 is 2.28 bits per heavy atom. The normalized spacial score (nSPS) is 20.4. The summed E-state index contributed by atoms with van der Waals surface area (Å²) in [7, 11) is 0. The fourth-order valence-electron chi connectivity index (χ4n) is 6.36. The Labute approximate surface area is 261 Å². The van der Waals surface area contributed by atoms with Crippen LogP contribution in [0.5, 0.6) is 0 Å². The van der Waals surface area contributed by atoms with Crippen molar-refractivity contribution in [3.63, 3.8) is 0 Å². The van der Waals surface area contributed by atoms with Crippen LogP contribution in [0, 0.1) is 0 Å². The standard InChI is InChI=1S/C36H45ClN4O2/c1-2-27(28-9-5-3-6-10-28)26-41-24-19-33(39-34(36(41)43)20-23-40-21-7-4-8-22-40)25-38-35(42)31-13-11-29(12-14-31)30-15-17-32(37)18-16-30/h3,5-6,9-18,27,33-34,39H,2,4,7-8,19-26H2,1H3,(H,38,42)/t27-,33-,34-/m1/s1. The van der Waals surface area contributed by atoms with Crippen LogP contribution in [0.15, 0.2) is 78.9 Å². The minimum Gasteiger partial charge on any atom is -0.350 e. The van der Waals surface area contributed by atoms with E-state index in [0.717, 1.165) is 56.6 Å². The molecule has 6 nitrogen and oxygen atoms in total. The molecule has 2 fully saturated rings. The third kappa shape index (κ3) is 8.69. The van der Waals surface area contributed by atoms with Crippen molar-refractivity contribution in [1.29, 1.82) is 0 Å². The molecule has 228 valence electrons. The molecule has 2 heterocycles. The summed E-state index contributed by atoms with van der Waals surface area (Å²) < 4.78 is 0. The van der Waals surface area contributed by atoms with Gasteiger partial charge in [0.15, 0.2) is 0 Å². The maximum Gasteiger partial charge on any atom is 0.251 e. The number of nitrogens with zero attached hydrogens (tertiary/aromatic N) is 2. The summed E-state index contributed by atoms with van der Waals surface area (Å²) in [6, 6.07) is 25.7. The van der Waals surface area contributed by atoms with Crippen LogP contribution < -0.4 is 10.6 Å². The number of halogens is 1. The minimum absolute atomic E-state index is 0.0226. The van der Waals surface area contributed by atoms with E-state index in [2.05, 4.69) is 51.6 Å². The zero-order chi connectivity index (χ0) is 30.0. The van der Waals surface area contributed by atoms with Gasteiger partial charge in [0.2, 0.25) is 5.91 Å². The Balaban J connectivity index is 1.22. The fourth-order valence-corrected chi connectivity index (χ4v) is 6.49. The number of nitrogens with one attached hydrogen (secondary N) is 2. The molecule has 0 aliphatic carbocycles. The smallest absolute Gasteiger partial charge is 0.251 e. The lowest BCUT2D eigenvalue weighted by atomic mass is 9.95. The van der Waals surface area contributed by atoms with Gasteiger partial charge in [0, 0.05) is 48.7 Å². The van der Waals surface area contributed by atoms with E-state index in [1.165, 1.54) is 24.8 Å². The summed E-state index contributed by atoms with van der Waals surface area (Å²) in [5.74, 6) is 0.398. The summed E-state index contributed by atoms with van der Waals surface area (Å²) in [5.41, 5.74) is 4.00. The number of carbonyl (C=O) groups excluding carboxylic acids is 2. The molecule has 2 N–H and O–H groups in total. The average Bonchev–Trinajstić information content (AvgIpc) is 3.20. The topological polar surface area (TPSA) is 64.7 Å². The summed E-state index contributed by atoms with van der Waals surface area (Å²) in [5, 5.41) is 7.50. The molecule has 0 bridgehead atoms. The molecule has 43 heavy (non-hydrogen) atoms. The van der Waals surface area contributed by atoms with E-state index in [1.54, 1.807) is 0 Å². The van der Waals surface area contributed by atoms with Gasteiger partial charge in [0.25, 0.3) is 5.91 Å². The van der Waals surface area contributed by atoms with Gasteiger partial charge < -0.3 is 20.4 Å². The number of benzene rings is 3. The van der Waals surface area contributed by atoms with Crippen LogP contribution in [0.3, 0.4) is 0 Å². The van der Waals surface area contributed by atoms with Crippen LogP contribution in [0.1, 0.15) is 67.3 Å². The molecule has 2 aliphatic rings. The second-order valence-electron chi connectivity index (χ2n) is 12.0. The van der Waals surface area contributed by atoms with Gasteiger partial charge in [0.05, 0.1) is 6.04 Å². The number of hydrogen-bond donors (Lipinski definition) is 2. The zero-order valence-electron chi connectivity index (χ0n) is 25.3. The van der Waals surface area contributed by atoms with Crippen molar-refractivity contribution in [2.45, 2.75) is 63.5 Å². The Hall–Kier alpha value is -3.19. The van der Waals surface area contributed by atoms with E-state index >= 15 is 0 Å². The van der Waals surface area contributed by atoms with Crippen molar-refractivity contribution in [3.8, 4) is 11.1 Å². The molecule has 7 heteroatoms. The molecule has 0 unspecified atom stereocenters. The van der Waals surface area contributed by atoms with Gasteiger partial charge in [0.1, 0.15) is 0 Å². The van der Waals surface area contributed by atoms with Crippen LogP contribution in [-0.4, -0.2) is 73.0 Å². The van der Waals surface area contributed by atoms with Crippen molar-refractivity contribution < 1.29 is 9.59 Å². The number of hydrogen-bond acceptors (Lipinski definition) is 4. The van der Waals surface area contributed by atoms with E-state index < -0.39 is 0 Å². The molecule has 3 aromatic carbocycles. The largest absolute Gasteiger partial charge is 0.350 e. The van der Waals surface area contributed by atoms with Gasteiger partial charge in [-0.2, -0.15) is 0 Å². The van der Waals surface area contributed by atoms with Crippen LogP contribution in [0.25, 0.3) is 11.1 Å².